The average Bonchev–Trinajstić information content (AvgIpc) is 3.51. The van der Waals surface area contributed by atoms with Gasteiger partial charge in [0.25, 0.3) is 0 Å². The second-order valence-corrected chi connectivity index (χ2v) is 7.66. The van der Waals surface area contributed by atoms with Crippen molar-refractivity contribution in [1.82, 2.24) is 39.9 Å². The third-order valence-corrected chi connectivity index (χ3v) is 5.70. The minimum Gasteiger partial charge on any atom is -0.336 e. The number of aromatic nitrogens is 8. The van der Waals surface area contributed by atoms with Gasteiger partial charge in [-0.05, 0) is 23.6 Å². The van der Waals surface area contributed by atoms with Crippen molar-refractivity contribution in [3.63, 3.8) is 0 Å². The van der Waals surface area contributed by atoms with Gasteiger partial charge in [0.1, 0.15) is 16.9 Å². The van der Waals surface area contributed by atoms with E-state index >= 15 is 0 Å². The van der Waals surface area contributed by atoms with Crippen LogP contribution in [-0.2, 0) is 7.05 Å². The number of rotatable bonds is 3. The van der Waals surface area contributed by atoms with Gasteiger partial charge in [-0.1, -0.05) is 6.07 Å². The first kappa shape index (κ1) is 16.1. The van der Waals surface area contributed by atoms with E-state index < -0.39 is 0 Å². The molecule has 0 aromatic carbocycles. The van der Waals surface area contributed by atoms with Gasteiger partial charge >= 0.3 is 0 Å². The van der Waals surface area contributed by atoms with Crippen LogP contribution in [0.15, 0.2) is 54.4 Å². The molecule has 6 aromatic rings. The van der Waals surface area contributed by atoms with E-state index in [9.17, 15) is 0 Å². The number of imidazole rings is 1. The SMILES string of the molecule is Cn1cc(-c2cc3c(-c4nc5c(-c6cccs6)nccc5[nH]4)n[nH]c3cn2)cn1. The van der Waals surface area contributed by atoms with Crippen LogP contribution in [-0.4, -0.2) is 39.9 Å². The number of hydrogen-bond acceptors (Lipinski definition) is 6. The van der Waals surface area contributed by atoms with Crippen LogP contribution in [0.5, 0.6) is 0 Å². The Labute approximate surface area is 168 Å². The van der Waals surface area contributed by atoms with E-state index in [0.717, 1.165) is 49.5 Å². The maximum atomic E-state index is 4.84. The van der Waals surface area contributed by atoms with Crippen molar-refractivity contribution < 1.29 is 0 Å². The predicted octanol–water partition coefficient (Wildman–Crippen LogP) is 4.03. The van der Waals surface area contributed by atoms with Crippen LogP contribution in [0.2, 0.25) is 0 Å². The lowest BCUT2D eigenvalue weighted by atomic mass is 10.1. The zero-order chi connectivity index (χ0) is 19.4. The fourth-order valence-electron chi connectivity index (χ4n) is 3.45. The van der Waals surface area contributed by atoms with Gasteiger partial charge in [0.15, 0.2) is 5.82 Å². The highest BCUT2D eigenvalue weighted by Crippen LogP contribution is 2.32. The molecule has 8 nitrogen and oxygen atoms in total. The Morgan fingerprint density at radius 3 is 2.86 bits per heavy atom. The highest BCUT2D eigenvalue weighted by Gasteiger charge is 2.17. The van der Waals surface area contributed by atoms with Crippen LogP contribution in [0.1, 0.15) is 0 Å². The van der Waals surface area contributed by atoms with Crippen molar-refractivity contribution in [3.05, 3.63) is 54.4 Å². The van der Waals surface area contributed by atoms with E-state index in [4.69, 9.17) is 4.98 Å². The van der Waals surface area contributed by atoms with Crippen molar-refractivity contribution in [2.45, 2.75) is 0 Å². The molecule has 6 heterocycles. The molecule has 0 aliphatic carbocycles. The second-order valence-electron chi connectivity index (χ2n) is 6.71. The molecule has 0 spiro atoms. The molecule has 0 unspecified atom stereocenters. The molecular formula is C20H14N8S. The minimum absolute atomic E-state index is 0.695. The molecule has 0 fully saturated rings. The second kappa shape index (κ2) is 6.08. The summed E-state index contributed by atoms with van der Waals surface area (Å²) in [5, 5.41) is 14.8. The summed E-state index contributed by atoms with van der Waals surface area (Å²) in [4.78, 5) is 18.4. The Bertz CT molecular complexity index is 1470. The molecule has 0 bridgehead atoms. The number of fused-ring (bicyclic) bond motifs is 2. The van der Waals surface area contributed by atoms with Gasteiger partial charge in [0.05, 0.1) is 34.0 Å². The largest absolute Gasteiger partial charge is 0.336 e. The molecular weight excluding hydrogens is 384 g/mol. The van der Waals surface area contributed by atoms with Gasteiger partial charge in [-0.15, -0.1) is 11.3 Å². The summed E-state index contributed by atoms with van der Waals surface area (Å²) < 4.78 is 1.76. The number of H-pyrrole nitrogens is 2. The van der Waals surface area contributed by atoms with Gasteiger partial charge in [-0.2, -0.15) is 10.2 Å². The standard InChI is InChI=1S/C20H14N8S/c1-28-10-11(8-23-28)14-7-12-15(9-22-14)26-27-17(12)20-24-13-4-5-21-19(18(13)25-20)16-3-2-6-29-16/h2-10H,1H3,(H,24,25)(H,26,27). The lowest BCUT2D eigenvalue weighted by molar-refractivity contribution is 0.768. The molecule has 0 amide bonds. The third kappa shape index (κ3) is 2.55. The molecule has 9 heteroatoms. The lowest BCUT2D eigenvalue weighted by Gasteiger charge is -1.98. The van der Waals surface area contributed by atoms with Gasteiger partial charge in [0.2, 0.25) is 0 Å². The molecule has 140 valence electrons. The summed E-state index contributed by atoms with van der Waals surface area (Å²) in [6, 6.07) is 8.01. The van der Waals surface area contributed by atoms with Crippen LogP contribution in [0.4, 0.5) is 0 Å². The molecule has 6 rings (SSSR count). The number of aryl methyl sites for hydroxylation is 1. The molecule has 0 aliphatic rings. The molecule has 0 radical (unpaired) electrons. The number of aromatic amines is 2. The van der Waals surface area contributed by atoms with E-state index in [0.29, 0.717) is 5.82 Å². The van der Waals surface area contributed by atoms with Gasteiger partial charge in [0, 0.05) is 30.4 Å². The summed E-state index contributed by atoms with van der Waals surface area (Å²) in [7, 11) is 1.89. The molecule has 2 N–H and O–H groups in total. The zero-order valence-electron chi connectivity index (χ0n) is 15.3. The number of nitrogens with zero attached hydrogens (tertiary/aromatic N) is 6. The number of hydrogen-bond donors (Lipinski definition) is 2. The van der Waals surface area contributed by atoms with Crippen molar-refractivity contribution in [3.8, 4) is 33.3 Å². The highest BCUT2D eigenvalue weighted by atomic mass is 32.1. The first-order valence-corrected chi connectivity index (χ1v) is 9.86. The van der Waals surface area contributed by atoms with Crippen LogP contribution in [0.3, 0.4) is 0 Å². The summed E-state index contributed by atoms with van der Waals surface area (Å²) >= 11 is 1.65. The third-order valence-electron chi connectivity index (χ3n) is 4.83. The Morgan fingerprint density at radius 2 is 2.03 bits per heavy atom. The van der Waals surface area contributed by atoms with E-state index in [-0.39, 0.29) is 0 Å². The fourth-order valence-corrected chi connectivity index (χ4v) is 4.17. The number of thiophene rings is 1. The van der Waals surface area contributed by atoms with E-state index in [1.807, 2.05) is 36.8 Å². The maximum absolute atomic E-state index is 4.84. The van der Waals surface area contributed by atoms with Gasteiger partial charge in [-0.3, -0.25) is 19.7 Å². The smallest absolute Gasteiger partial charge is 0.159 e. The van der Waals surface area contributed by atoms with Gasteiger partial charge in [-0.25, -0.2) is 4.98 Å². The lowest BCUT2D eigenvalue weighted by Crippen LogP contribution is -1.85. The van der Waals surface area contributed by atoms with Crippen molar-refractivity contribution in [2.24, 2.45) is 7.05 Å². The monoisotopic (exact) mass is 398 g/mol. The molecule has 0 atom stereocenters. The molecule has 0 saturated carbocycles. The zero-order valence-corrected chi connectivity index (χ0v) is 16.1. The topological polar surface area (TPSA) is 101 Å². The highest BCUT2D eigenvalue weighted by molar-refractivity contribution is 7.13. The van der Waals surface area contributed by atoms with Crippen LogP contribution >= 0.6 is 11.3 Å². The Kier molecular flexibility index (Phi) is 3.38. The normalized spacial score (nSPS) is 11.6. The van der Waals surface area contributed by atoms with E-state index in [1.165, 1.54) is 0 Å². The van der Waals surface area contributed by atoms with Crippen molar-refractivity contribution in [2.75, 3.05) is 0 Å². The minimum atomic E-state index is 0.695. The first-order valence-electron chi connectivity index (χ1n) is 8.98. The van der Waals surface area contributed by atoms with E-state index in [2.05, 4.69) is 36.3 Å². The van der Waals surface area contributed by atoms with Gasteiger partial charge < -0.3 is 4.98 Å². The van der Waals surface area contributed by atoms with E-state index in [1.54, 1.807) is 34.6 Å². The summed E-state index contributed by atoms with van der Waals surface area (Å²) in [5.74, 6) is 0.695. The van der Waals surface area contributed by atoms with Crippen LogP contribution < -0.4 is 0 Å². The Morgan fingerprint density at radius 1 is 1.07 bits per heavy atom. The summed E-state index contributed by atoms with van der Waals surface area (Å²) in [6.45, 7) is 0. The Hall–Kier alpha value is -3.85. The fraction of sp³-hybridized carbons (Fsp3) is 0.0500. The number of pyridine rings is 2. The maximum Gasteiger partial charge on any atom is 0.159 e. The predicted molar refractivity (Wildman–Crippen MR) is 112 cm³/mol. The quantitative estimate of drug-likeness (QED) is 0.469. The first-order chi connectivity index (χ1) is 14.3. The van der Waals surface area contributed by atoms with Crippen molar-refractivity contribution in [1.29, 1.82) is 0 Å². The molecule has 29 heavy (non-hydrogen) atoms. The Balaban J connectivity index is 1.53. The van der Waals surface area contributed by atoms with Crippen LogP contribution in [0.25, 0.3) is 55.3 Å². The van der Waals surface area contributed by atoms with Crippen LogP contribution in [0, 0.1) is 0 Å². The molecule has 0 saturated heterocycles. The molecule has 0 aliphatic heterocycles. The summed E-state index contributed by atoms with van der Waals surface area (Å²) in [5.41, 5.74) is 6.03. The van der Waals surface area contributed by atoms with Crippen molar-refractivity contribution >= 4 is 33.3 Å². The average molecular weight is 398 g/mol. The number of nitrogens with one attached hydrogen (secondary N) is 2. The molecule has 6 aromatic heterocycles. The summed E-state index contributed by atoms with van der Waals surface area (Å²) in [6.07, 6.45) is 7.32.